The number of hydrogen-bond acceptors (Lipinski definition) is 1. The average molecular weight is 266 g/mol. The van der Waals surface area contributed by atoms with Crippen LogP contribution in [0.25, 0.3) is 0 Å². The average Bonchev–Trinajstić information content (AvgIpc) is 2.41. The van der Waals surface area contributed by atoms with E-state index in [0.29, 0.717) is 5.56 Å². The van der Waals surface area contributed by atoms with E-state index in [1.807, 2.05) is 0 Å². The highest BCUT2D eigenvalue weighted by atomic mass is 19.1. The van der Waals surface area contributed by atoms with Gasteiger partial charge in [0, 0.05) is 5.92 Å². The number of rotatable bonds is 4. The van der Waals surface area contributed by atoms with Crippen LogP contribution in [0.15, 0.2) is 42.5 Å². The maximum Gasteiger partial charge on any atom is 0.126 e. The van der Waals surface area contributed by atoms with E-state index >= 15 is 0 Å². The van der Waals surface area contributed by atoms with Crippen molar-refractivity contribution in [2.24, 2.45) is 0 Å². The SMILES string of the molecule is OCC(Cc1cc(F)ccc1F)c1ccc(F)cc1. The Kier molecular flexibility index (Phi) is 4.22. The minimum atomic E-state index is -0.521. The van der Waals surface area contributed by atoms with Crippen molar-refractivity contribution in [1.82, 2.24) is 0 Å². The molecular formula is C15H13F3O. The second-order valence-corrected chi connectivity index (χ2v) is 4.37. The fourth-order valence-corrected chi connectivity index (χ4v) is 1.99. The summed E-state index contributed by atoms with van der Waals surface area (Å²) in [5.74, 6) is -1.80. The minimum absolute atomic E-state index is 0.158. The first-order valence-corrected chi connectivity index (χ1v) is 5.90. The number of aliphatic hydroxyl groups excluding tert-OH is 1. The molecule has 0 bridgehead atoms. The molecule has 0 radical (unpaired) electrons. The zero-order valence-corrected chi connectivity index (χ0v) is 10.1. The molecule has 0 heterocycles. The lowest BCUT2D eigenvalue weighted by Gasteiger charge is -2.15. The monoisotopic (exact) mass is 266 g/mol. The van der Waals surface area contributed by atoms with Gasteiger partial charge >= 0.3 is 0 Å². The van der Waals surface area contributed by atoms with Crippen LogP contribution in [0.5, 0.6) is 0 Å². The Hall–Kier alpha value is -1.81. The molecule has 0 saturated heterocycles. The molecule has 0 saturated carbocycles. The second-order valence-electron chi connectivity index (χ2n) is 4.37. The predicted molar refractivity (Wildman–Crippen MR) is 66.3 cm³/mol. The van der Waals surface area contributed by atoms with Crippen LogP contribution in [0.1, 0.15) is 17.0 Å². The summed E-state index contributed by atoms with van der Waals surface area (Å²) in [4.78, 5) is 0. The highest BCUT2D eigenvalue weighted by molar-refractivity contribution is 5.26. The van der Waals surface area contributed by atoms with E-state index in [4.69, 9.17) is 0 Å². The summed E-state index contributed by atoms with van der Waals surface area (Å²) in [5.41, 5.74) is 0.885. The van der Waals surface area contributed by atoms with Gasteiger partial charge in [-0.3, -0.25) is 0 Å². The molecule has 2 aromatic carbocycles. The number of benzene rings is 2. The standard InChI is InChI=1S/C15H13F3O/c16-13-3-1-10(2-4-13)12(9-19)7-11-8-14(17)5-6-15(11)18/h1-6,8,12,19H,7,9H2. The molecule has 0 spiro atoms. The fraction of sp³-hybridized carbons (Fsp3) is 0.200. The molecule has 0 amide bonds. The summed E-state index contributed by atoms with van der Waals surface area (Å²) in [6, 6.07) is 8.84. The lowest BCUT2D eigenvalue weighted by atomic mass is 9.92. The van der Waals surface area contributed by atoms with Crippen molar-refractivity contribution in [3.63, 3.8) is 0 Å². The zero-order valence-electron chi connectivity index (χ0n) is 10.1. The first kappa shape index (κ1) is 13.6. The maximum absolute atomic E-state index is 13.5. The molecule has 0 aliphatic rings. The molecule has 100 valence electrons. The Morgan fingerprint density at radius 3 is 2.16 bits per heavy atom. The third-order valence-electron chi connectivity index (χ3n) is 3.04. The van der Waals surface area contributed by atoms with Gasteiger partial charge in [-0.05, 0) is 47.9 Å². The van der Waals surface area contributed by atoms with E-state index in [2.05, 4.69) is 0 Å². The van der Waals surface area contributed by atoms with Gasteiger partial charge < -0.3 is 5.11 Å². The topological polar surface area (TPSA) is 20.2 Å². The van der Waals surface area contributed by atoms with Crippen molar-refractivity contribution < 1.29 is 18.3 Å². The van der Waals surface area contributed by atoms with Crippen LogP contribution in [-0.2, 0) is 6.42 Å². The van der Waals surface area contributed by atoms with Crippen molar-refractivity contribution in [3.8, 4) is 0 Å². The summed E-state index contributed by atoms with van der Waals surface area (Å²) in [5, 5.41) is 9.36. The molecule has 0 fully saturated rings. The lowest BCUT2D eigenvalue weighted by Crippen LogP contribution is -2.09. The molecule has 0 aromatic heterocycles. The van der Waals surface area contributed by atoms with Gasteiger partial charge in [-0.25, -0.2) is 13.2 Å². The number of hydrogen-bond donors (Lipinski definition) is 1. The van der Waals surface area contributed by atoms with Crippen LogP contribution in [0.2, 0.25) is 0 Å². The van der Waals surface area contributed by atoms with Gasteiger partial charge in [0.25, 0.3) is 0 Å². The second kappa shape index (κ2) is 5.89. The Bertz CT molecular complexity index is 552. The normalized spacial score (nSPS) is 12.4. The van der Waals surface area contributed by atoms with Crippen molar-refractivity contribution >= 4 is 0 Å². The van der Waals surface area contributed by atoms with Gasteiger partial charge in [-0.2, -0.15) is 0 Å². The number of aliphatic hydroxyl groups is 1. The zero-order chi connectivity index (χ0) is 13.8. The van der Waals surface area contributed by atoms with Crippen molar-refractivity contribution in [2.45, 2.75) is 12.3 Å². The molecule has 1 N–H and O–H groups in total. The Labute approximate surface area is 109 Å². The number of halogens is 3. The Morgan fingerprint density at radius 1 is 0.895 bits per heavy atom. The van der Waals surface area contributed by atoms with Crippen molar-refractivity contribution in [1.29, 1.82) is 0 Å². The smallest absolute Gasteiger partial charge is 0.126 e. The Balaban J connectivity index is 2.23. The molecule has 0 aliphatic carbocycles. The van der Waals surface area contributed by atoms with E-state index in [9.17, 15) is 18.3 Å². The van der Waals surface area contributed by atoms with Crippen molar-refractivity contribution in [2.75, 3.05) is 6.61 Å². The molecule has 2 rings (SSSR count). The third kappa shape index (κ3) is 3.35. The van der Waals surface area contributed by atoms with Gasteiger partial charge in [0.15, 0.2) is 0 Å². The summed E-state index contributed by atoms with van der Waals surface area (Å²) >= 11 is 0. The summed E-state index contributed by atoms with van der Waals surface area (Å²) in [6.07, 6.45) is 0.158. The minimum Gasteiger partial charge on any atom is -0.396 e. The molecule has 4 heteroatoms. The quantitative estimate of drug-likeness (QED) is 0.899. The summed E-state index contributed by atoms with van der Waals surface area (Å²) in [7, 11) is 0. The van der Waals surface area contributed by atoms with Crippen LogP contribution in [0.4, 0.5) is 13.2 Å². The van der Waals surface area contributed by atoms with Gasteiger partial charge in [0.1, 0.15) is 17.5 Å². The van der Waals surface area contributed by atoms with E-state index in [1.54, 1.807) is 0 Å². The van der Waals surface area contributed by atoms with Gasteiger partial charge in [-0.1, -0.05) is 12.1 Å². The van der Waals surface area contributed by atoms with Gasteiger partial charge in [0.05, 0.1) is 6.61 Å². The predicted octanol–water partition coefficient (Wildman–Crippen LogP) is 3.42. The first-order valence-electron chi connectivity index (χ1n) is 5.90. The van der Waals surface area contributed by atoms with Crippen LogP contribution < -0.4 is 0 Å². The maximum atomic E-state index is 13.5. The van der Waals surface area contributed by atoms with Crippen LogP contribution >= 0.6 is 0 Å². The largest absolute Gasteiger partial charge is 0.396 e. The van der Waals surface area contributed by atoms with Crippen molar-refractivity contribution in [3.05, 3.63) is 71.0 Å². The van der Waals surface area contributed by atoms with Gasteiger partial charge in [-0.15, -0.1) is 0 Å². The van der Waals surface area contributed by atoms with Crippen LogP contribution in [0, 0.1) is 17.5 Å². The van der Waals surface area contributed by atoms with Crippen LogP contribution in [-0.4, -0.2) is 11.7 Å². The molecular weight excluding hydrogens is 253 g/mol. The molecule has 2 aromatic rings. The van der Waals surface area contributed by atoms with E-state index in [-0.39, 0.29) is 24.4 Å². The molecule has 19 heavy (non-hydrogen) atoms. The van der Waals surface area contributed by atoms with Crippen LogP contribution in [0.3, 0.4) is 0 Å². The highest BCUT2D eigenvalue weighted by Crippen LogP contribution is 2.23. The fourth-order valence-electron chi connectivity index (χ4n) is 1.99. The summed E-state index contributed by atoms with van der Waals surface area (Å²) < 4.78 is 39.4. The highest BCUT2D eigenvalue weighted by Gasteiger charge is 2.14. The lowest BCUT2D eigenvalue weighted by molar-refractivity contribution is 0.263. The van der Waals surface area contributed by atoms with E-state index in [0.717, 1.165) is 18.2 Å². The molecule has 1 atom stereocenters. The van der Waals surface area contributed by atoms with Gasteiger partial charge in [0.2, 0.25) is 0 Å². The Morgan fingerprint density at radius 2 is 1.53 bits per heavy atom. The molecule has 0 aliphatic heterocycles. The summed E-state index contributed by atoms with van der Waals surface area (Å²) in [6.45, 7) is -0.221. The molecule has 1 nitrogen and oxygen atoms in total. The third-order valence-corrected chi connectivity index (χ3v) is 3.04. The van der Waals surface area contributed by atoms with E-state index in [1.165, 1.54) is 24.3 Å². The van der Waals surface area contributed by atoms with E-state index < -0.39 is 17.6 Å². The molecule has 1 unspecified atom stereocenters. The first-order chi connectivity index (χ1) is 9.10.